The number of hydrogen-bond acceptors (Lipinski definition) is 3. The third-order valence-corrected chi connectivity index (χ3v) is 3.90. The van der Waals surface area contributed by atoms with E-state index >= 15 is 0 Å². The number of benzene rings is 1. The molecule has 0 unspecified atom stereocenters. The zero-order valence-electron chi connectivity index (χ0n) is 10.2. The highest BCUT2D eigenvalue weighted by Crippen LogP contribution is 2.14. The van der Waals surface area contributed by atoms with Gasteiger partial charge >= 0.3 is 0 Å². The van der Waals surface area contributed by atoms with Crippen LogP contribution in [0.5, 0.6) is 0 Å². The Morgan fingerprint density at radius 2 is 2.11 bits per heavy atom. The van der Waals surface area contributed by atoms with Gasteiger partial charge in [0.15, 0.2) is 0 Å². The summed E-state index contributed by atoms with van der Waals surface area (Å²) in [4.78, 5) is 11.6. The predicted molar refractivity (Wildman–Crippen MR) is 71.2 cm³/mol. The second-order valence-electron chi connectivity index (χ2n) is 3.70. The maximum absolute atomic E-state index is 13.4. The van der Waals surface area contributed by atoms with Gasteiger partial charge in [-0.15, -0.1) is 0 Å². The van der Waals surface area contributed by atoms with Crippen LogP contribution < -0.4 is 10.0 Å². The maximum Gasteiger partial charge on any atom is 0.254 e. The van der Waals surface area contributed by atoms with Crippen molar-refractivity contribution in [2.45, 2.75) is 6.92 Å². The van der Waals surface area contributed by atoms with Crippen molar-refractivity contribution >= 4 is 27.5 Å². The lowest BCUT2D eigenvalue weighted by molar-refractivity contribution is 0.0952. The third-order valence-electron chi connectivity index (χ3n) is 2.19. The molecule has 0 spiro atoms. The van der Waals surface area contributed by atoms with Crippen LogP contribution in [0.15, 0.2) is 18.2 Å². The topological polar surface area (TPSA) is 75.3 Å². The van der Waals surface area contributed by atoms with Crippen LogP contribution in [0, 0.1) is 5.82 Å². The van der Waals surface area contributed by atoms with Crippen LogP contribution in [-0.2, 0) is 10.0 Å². The summed E-state index contributed by atoms with van der Waals surface area (Å²) in [5.41, 5.74) is -0.214. The number of amides is 1. The van der Waals surface area contributed by atoms with E-state index in [9.17, 15) is 17.6 Å². The highest BCUT2D eigenvalue weighted by molar-refractivity contribution is 7.89. The average Bonchev–Trinajstić information content (AvgIpc) is 2.31. The second-order valence-corrected chi connectivity index (χ2v) is 6.06. The van der Waals surface area contributed by atoms with Gasteiger partial charge in [0.25, 0.3) is 5.91 Å². The summed E-state index contributed by atoms with van der Waals surface area (Å²) in [6, 6.07) is 3.58. The first kappa shape index (κ1) is 15.9. The van der Waals surface area contributed by atoms with Crippen LogP contribution in [0.3, 0.4) is 0 Å². The molecule has 0 aliphatic carbocycles. The molecule has 1 rings (SSSR count). The van der Waals surface area contributed by atoms with Gasteiger partial charge in [0, 0.05) is 18.1 Å². The molecule has 5 nitrogen and oxygen atoms in total. The fourth-order valence-corrected chi connectivity index (χ4v) is 2.48. The Kier molecular flexibility index (Phi) is 5.71. The Labute approximate surface area is 116 Å². The predicted octanol–water partition coefficient (Wildman–Crippen LogP) is 1.15. The van der Waals surface area contributed by atoms with Crippen molar-refractivity contribution in [3.8, 4) is 0 Å². The Balaban J connectivity index is 2.59. The number of nitrogens with one attached hydrogen (secondary N) is 2. The Bertz CT molecular complexity index is 563. The molecule has 0 fully saturated rings. The highest BCUT2D eigenvalue weighted by atomic mass is 35.5. The fourth-order valence-electron chi connectivity index (χ4n) is 1.36. The molecule has 0 heterocycles. The van der Waals surface area contributed by atoms with Crippen molar-refractivity contribution in [1.82, 2.24) is 10.0 Å². The van der Waals surface area contributed by atoms with Gasteiger partial charge in [0.05, 0.1) is 11.3 Å². The van der Waals surface area contributed by atoms with Crippen molar-refractivity contribution in [2.75, 3.05) is 18.8 Å². The largest absolute Gasteiger partial charge is 0.351 e. The monoisotopic (exact) mass is 308 g/mol. The fraction of sp³-hybridized carbons (Fsp3) is 0.364. The molecular formula is C11H14ClFN2O3S. The molecule has 0 saturated carbocycles. The standard InChI is InChI=1S/C11H14ClFN2O3S/c1-2-15-19(17,18)6-5-14-11(16)9-7-8(12)3-4-10(9)13/h3-4,7,15H,2,5-6H2,1H3,(H,14,16). The van der Waals surface area contributed by atoms with Gasteiger partial charge in [-0.2, -0.15) is 0 Å². The van der Waals surface area contributed by atoms with Crippen LogP contribution in [0.1, 0.15) is 17.3 Å². The number of rotatable bonds is 6. The molecule has 0 aliphatic rings. The van der Waals surface area contributed by atoms with E-state index in [-0.39, 0.29) is 29.4 Å². The first-order valence-electron chi connectivity index (χ1n) is 5.56. The van der Waals surface area contributed by atoms with Gasteiger partial charge in [-0.25, -0.2) is 17.5 Å². The third kappa shape index (κ3) is 5.14. The molecule has 1 aromatic carbocycles. The number of hydrogen-bond donors (Lipinski definition) is 2. The Hall–Kier alpha value is -1.18. The molecule has 0 bridgehead atoms. The molecule has 0 saturated heterocycles. The average molecular weight is 309 g/mol. The van der Waals surface area contributed by atoms with Gasteiger partial charge in [0.2, 0.25) is 10.0 Å². The maximum atomic E-state index is 13.4. The highest BCUT2D eigenvalue weighted by Gasteiger charge is 2.13. The molecule has 0 radical (unpaired) electrons. The van der Waals surface area contributed by atoms with Crippen LogP contribution in [0.25, 0.3) is 0 Å². The summed E-state index contributed by atoms with van der Waals surface area (Å²) in [5.74, 6) is -1.68. The molecule has 1 aromatic rings. The number of carbonyl (C=O) groups excluding carboxylic acids is 1. The molecule has 1 amide bonds. The summed E-state index contributed by atoms with van der Waals surface area (Å²) in [5, 5.41) is 2.55. The molecule has 0 aromatic heterocycles. The lowest BCUT2D eigenvalue weighted by Gasteiger charge is -2.07. The summed E-state index contributed by atoms with van der Waals surface area (Å²) in [6.45, 7) is 1.82. The van der Waals surface area contributed by atoms with Crippen LogP contribution in [-0.4, -0.2) is 33.2 Å². The molecule has 19 heavy (non-hydrogen) atoms. The normalized spacial score (nSPS) is 11.3. The van der Waals surface area contributed by atoms with Gasteiger partial charge in [-0.3, -0.25) is 4.79 Å². The minimum absolute atomic E-state index is 0.111. The summed E-state index contributed by atoms with van der Waals surface area (Å²) < 4.78 is 38.3. The van der Waals surface area contributed by atoms with Crippen LogP contribution in [0.4, 0.5) is 4.39 Å². The number of halogens is 2. The molecule has 0 aliphatic heterocycles. The van der Waals surface area contributed by atoms with Gasteiger partial charge in [-0.05, 0) is 18.2 Å². The van der Waals surface area contributed by atoms with Gasteiger partial charge in [0.1, 0.15) is 5.82 Å². The smallest absolute Gasteiger partial charge is 0.254 e. The van der Waals surface area contributed by atoms with E-state index in [1.165, 1.54) is 12.1 Å². The van der Waals surface area contributed by atoms with E-state index < -0.39 is 21.7 Å². The molecule has 0 atom stereocenters. The first-order valence-corrected chi connectivity index (χ1v) is 7.59. The molecular weight excluding hydrogens is 295 g/mol. The zero-order valence-corrected chi connectivity index (χ0v) is 11.8. The van der Waals surface area contributed by atoms with Crippen LogP contribution in [0.2, 0.25) is 5.02 Å². The second kappa shape index (κ2) is 6.83. The summed E-state index contributed by atoms with van der Waals surface area (Å²) in [6.07, 6.45) is 0. The van der Waals surface area contributed by atoms with Crippen molar-refractivity contribution in [3.63, 3.8) is 0 Å². The van der Waals surface area contributed by atoms with Gasteiger partial charge < -0.3 is 5.32 Å². The quantitative estimate of drug-likeness (QED) is 0.828. The van der Waals surface area contributed by atoms with E-state index in [2.05, 4.69) is 10.0 Å². The number of carbonyl (C=O) groups is 1. The van der Waals surface area contributed by atoms with Gasteiger partial charge in [-0.1, -0.05) is 18.5 Å². The van der Waals surface area contributed by atoms with E-state index in [0.717, 1.165) is 6.07 Å². The minimum atomic E-state index is -3.41. The van der Waals surface area contributed by atoms with Crippen molar-refractivity contribution in [3.05, 3.63) is 34.6 Å². The SMILES string of the molecule is CCNS(=O)(=O)CCNC(=O)c1cc(Cl)ccc1F. The molecule has 8 heteroatoms. The number of sulfonamides is 1. The summed E-state index contributed by atoms with van der Waals surface area (Å²) >= 11 is 5.66. The van der Waals surface area contributed by atoms with E-state index in [0.29, 0.717) is 0 Å². The summed E-state index contributed by atoms with van der Waals surface area (Å²) in [7, 11) is -3.41. The van der Waals surface area contributed by atoms with E-state index in [1.54, 1.807) is 6.92 Å². The first-order chi connectivity index (χ1) is 8.85. The minimum Gasteiger partial charge on any atom is -0.351 e. The Morgan fingerprint density at radius 1 is 1.42 bits per heavy atom. The Morgan fingerprint density at radius 3 is 2.74 bits per heavy atom. The van der Waals surface area contributed by atoms with E-state index in [1.807, 2.05) is 0 Å². The van der Waals surface area contributed by atoms with Crippen molar-refractivity contribution < 1.29 is 17.6 Å². The lowest BCUT2D eigenvalue weighted by atomic mass is 10.2. The zero-order chi connectivity index (χ0) is 14.5. The van der Waals surface area contributed by atoms with E-state index in [4.69, 9.17) is 11.6 Å². The lowest BCUT2D eigenvalue weighted by Crippen LogP contribution is -2.34. The van der Waals surface area contributed by atoms with Crippen molar-refractivity contribution in [1.29, 1.82) is 0 Å². The molecule has 2 N–H and O–H groups in total. The van der Waals surface area contributed by atoms with Crippen LogP contribution >= 0.6 is 11.6 Å². The molecule has 106 valence electrons. The van der Waals surface area contributed by atoms with Crippen molar-refractivity contribution in [2.24, 2.45) is 0 Å².